The Morgan fingerprint density at radius 3 is 2.61 bits per heavy atom. The lowest BCUT2D eigenvalue weighted by atomic mass is 10.1. The molecule has 3 aromatic rings. The monoisotopic (exact) mass is 309 g/mol. The van der Waals surface area contributed by atoms with Crippen molar-refractivity contribution in [1.82, 2.24) is 4.98 Å². The van der Waals surface area contributed by atoms with Crippen LogP contribution in [0.2, 0.25) is 0 Å². The number of nitro groups is 1. The number of hydrogen-bond donors (Lipinski definition) is 1. The summed E-state index contributed by atoms with van der Waals surface area (Å²) in [5, 5.41) is 15.7. The predicted molar refractivity (Wildman–Crippen MR) is 89.3 cm³/mol. The Labute approximate surface area is 132 Å². The van der Waals surface area contributed by atoms with Crippen LogP contribution in [-0.2, 0) is 0 Å². The second kappa shape index (κ2) is 6.31. The molecule has 0 fully saturated rings. The molecule has 2 aromatic carbocycles. The Bertz CT molecular complexity index is 847. The highest BCUT2D eigenvalue weighted by atomic mass is 16.6. The van der Waals surface area contributed by atoms with Gasteiger partial charge in [0.05, 0.1) is 16.9 Å². The second-order valence-corrected chi connectivity index (χ2v) is 4.89. The van der Waals surface area contributed by atoms with E-state index >= 15 is 0 Å². The van der Waals surface area contributed by atoms with Gasteiger partial charge in [-0.3, -0.25) is 15.1 Å². The van der Waals surface area contributed by atoms with Crippen molar-refractivity contribution in [2.75, 3.05) is 11.9 Å². The molecule has 0 aliphatic heterocycles. The van der Waals surface area contributed by atoms with E-state index in [4.69, 9.17) is 4.74 Å². The van der Waals surface area contributed by atoms with Gasteiger partial charge >= 0.3 is 0 Å². The summed E-state index contributed by atoms with van der Waals surface area (Å²) in [5.74, 6) is 0.799. The molecule has 0 atom stereocenters. The first-order valence-corrected chi connectivity index (χ1v) is 7.20. The third-order valence-electron chi connectivity index (χ3n) is 3.44. The molecule has 6 heteroatoms. The van der Waals surface area contributed by atoms with Gasteiger partial charge in [0.1, 0.15) is 5.75 Å². The zero-order chi connectivity index (χ0) is 16.2. The molecule has 0 radical (unpaired) electrons. The number of anilines is 2. The number of non-ortho nitro benzene ring substituents is 1. The number of aromatic nitrogens is 1. The van der Waals surface area contributed by atoms with E-state index in [0.717, 1.165) is 17.1 Å². The summed E-state index contributed by atoms with van der Waals surface area (Å²) >= 11 is 0. The SMILES string of the molecule is CCOc1ccc(Nc2ccc([N+](=O)[O-])c3ccncc23)cc1. The standard InChI is InChI=1S/C17H15N3O3/c1-2-23-13-5-3-12(4-6-13)19-16-7-8-17(20(21)22)14-9-10-18-11-15(14)16/h3-11,19H,2H2,1H3. The molecule has 116 valence electrons. The number of fused-ring (bicyclic) bond motifs is 1. The fraction of sp³-hybridized carbons (Fsp3) is 0.118. The van der Waals surface area contributed by atoms with E-state index in [2.05, 4.69) is 10.3 Å². The summed E-state index contributed by atoms with van der Waals surface area (Å²) in [4.78, 5) is 14.8. The normalized spacial score (nSPS) is 10.5. The minimum atomic E-state index is -0.386. The highest BCUT2D eigenvalue weighted by Crippen LogP contribution is 2.32. The molecule has 1 heterocycles. The minimum absolute atomic E-state index is 0.0691. The van der Waals surface area contributed by atoms with Crippen molar-refractivity contribution >= 4 is 27.8 Å². The van der Waals surface area contributed by atoms with Gasteiger partial charge in [0.25, 0.3) is 5.69 Å². The number of nitro benzene ring substituents is 1. The molecular weight excluding hydrogens is 294 g/mol. The maximum absolute atomic E-state index is 11.1. The number of ether oxygens (including phenoxy) is 1. The summed E-state index contributed by atoms with van der Waals surface area (Å²) in [6, 6.07) is 12.4. The summed E-state index contributed by atoms with van der Waals surface area (Å²) in [6.45, 7) is 2.55. The van der Waals surface area contributed by atoms with Crippen LogP contribution >= 0.6 is 0 Å². The smallest absolute Gasteiger partial charge is 0.277 e. The molecule has 0 aliphatic rings. The number of nitrogens with zero attached hydrogens (tertiary/aromatic N) is 2. The van der Waals surface area contributed by atoms with E-state index in [1.807, 2.05) is 31.2 Å². The van der Waals surface area contributed by atoms with Crippen molar-refractivity contribution in [2.24, 2.45) is 0 Å². The van der Waals surface area contributed by atoms with Gasteiger partial charge in [-0.15, -0.1) is 0 Å². The Kier molecular flexibility index (Phi) is 4.05. The Hall–Kier alpha value is -3.15. The van der Waals surface area contributed by atoms with Crippen LogP contribution in [0.25, 0.3) is 10.8 Å². The molecule has 0 saturated heterocycles. The van der Waals surface area contributed by atoms with Gasteiger partial charge in [-0.25, -0.2) is 0 Å². The molecule has 0 saturated carbocycles. The van der Waals surface area contributed by atoms with Crippen LogP contribution in [0, 0.1) is 10.1 Å². The molecule has 1 N–H and O–H groups in total. The molecule has 0 bridgehead atoms. The zero-order valence-corrected chi connectivity index (χ0v) is 12.5. The first-order chi connectivity index (χ1) is 11.2. The van der Waals surface area contributed by atoms with Crippen molar-refractivity contribution in [2.45, 2.75) is 6.92 Å². The van der Waals surface area contributed by atoms with Gasteiger partial charge in [0, 0.05) is 35.2 Å². The summed E-state index contributed by atoms with van der Waals surface area (Å²) in [6.07, 6.45) is 3.18. The van der Waals surface area contributed by atoms with Crippen LogP contribution in [0.15, 0.2) is 54.9 Å². The molecule has 1 aromatic heterocycles. The van der Waals surface area contributed by atoms with Gasteiger partial charge in [-0.1, -0.05) is 0 Å². The van der Waals surface area contributed by atoms with Crippen LogP contribution in [0.4, 0.5) is 17.1 Å². The molecule has 0 amide bonds. The van der Waals surface area contributed by atoms with Gasteiger partial charge < -0.3 is 10.1 Å². The third kappa shape index (κ3) is 3.06. The van der Waals surface area contributed by atoms with E-state index in [0.29, 0.717) is 17.4 Å². The first kappa shape index (κ1) is 14.8. The van der Waals surface area contributed by atoms with E-state index < -0.39 is 0 Å². The molecule has 6 nitrogen and oxygen atoms in total. The van der Waals surface area contributed by atoms with Crippen molar-refractivity contribution in [3.63, 3.8) is 0 Å². The predicted octanol–water partition coefficient (Wildman–Crippen LogP) is 4.29. The Morgan fingerprint density at radius 2 is 1.91 bits per heavy atom. The summed E-state index contributed by atoms with van der Waals surface area (Å²) in [7, 11) is 0. The van der Waals surface area contributed by atoms with Crippen molar-refractivity contribution in [3.05, 3.63) is 65.0 Å². The fourth-order valence-electron chi connectivity index (χ4n) is 2.40. The number of benzene rings is 2. The molecule has 0 aliphatic carbocycles. The maximum Gasteiger partial charge on any atom is 0.277 e. The number of rotatable bonds is 5. The third-order valence-corrected chi connectivity index (χ3v) is 3.44. The van der Waals surface area contributed by atoms with Gasteiger partial charge in [0.15, 0.2) is 0 Å². The van der Waals surface area contributed by atoms with Crippen molar-refractivity contribution in [1.29, 1.82) is 0 Å². The number of pyridine rings is 1. The molecule has 3 rings (SSSR count). The zero-order valence-electron chi connectivity index (χ0n) is 12.5. The van der Waals surface area contributed by atoms with Crippen LogP contribution in [0.5, 0.6) is 5.75 Å². The van der Waals surface area contributed by atoms with E-state index in [9.17, 15) is 10.1 Å². The second-order valence-electron chi connectivity index (χ2n) is 4.89. The van der Waals surface area contributed by atoms with Crippen LogP contribution in [0.1, 0.15) is 6.92 Å². The average Bonchev–Trinajstić information content (AvgIpc) is 2.57. The summed E-state index contributed by atoms with van der Waals surface area (Å²) in [5.41, 5.74) is 1.70. The van der Waals surface area contributed by atoms with E-state index in [-0.39, 0.29) is 10.6 Å². The Morgan fingerprint density at radius 1 is 1.13 bits per heavy atom. The lowest BCUT2D eigenvalue weighted by Crippen LogP contribution is -1.96. The van der Waals surface area contributed by atoms with Gasteiger partial charge in [-0.2, -0.15) is 0 Å². The number of hydrogen-bond acceptors (Lipinski definition) is 5. The fourth-order valence-corrected chi connectivity index (χ4v) is 2.40. The molecule has 0 spiro atoms. The van der Waals surface area contributed by atoms with Crippen molar-refractivity contribution in [3.8, 4) is 5.75 Å². The summed E-state index contributed by atoms with van der Waals surface area (Å²) < 4.78 is 5.41. The minimum Gasteiger partial charge on any atom is -0.494 e. The van der Waals surface area contributed by atoms with Crippen LogP contribution in [-0.4, -0.2) is 16.5 Å². The van der Waals surface area contributed by atoms with Crippen LogP contribution < -0.4 is 10.1 Å². The molecule has 23 heavy (non-hydrogen) atoms. The largest absolute Gasteiger partial charge is 0.494 e. The van der Waals surface area contributed by atoms with Gasteiger partial charge in [0.2, 0.25) is 0 Å². The lowest BCUT2D eigenvalue weighted by molar-refractivity contribution is -0.383. The maximum atomic E-state index is 11.1. The average molecular weight is 309 g/mol. The lowest BCUT2D eigenvalue weighted by Gasteiger charge is -2.10. The van der Waals surface area contributed by atoms with E-state index in [1.54, 1.807) is 24.5 Å². The number of nitrogens with one attached hydrogen (secondary N) is 1. The molecular formula is C17H15N3O3. The van der Waals surface area contributed by atoms with E-state index in [1.165, 1.54) is 6.07 Å². The highest BCUT2D eigenvalue weighted by molar-refractivity contribution is 6.00. The Balaban J connectivity index is 1.97. The molecule has 0 unspecified atom stereocenters. The quantitative estimate of drug-likeness (QED) is 0.562. The van der Waals surface area contributed by atoms with Crippen LogP contribution in [0.3, 0.4) is 0 Å². The van der Waals surface area contributed by atoms with Crippen molar-refractivity contribution < 1.29 is 9.66 Å². The highest BCUT2D eigenvalue weighted by Gasteiger charge is 2.14. The topological polar surface area (TPSA) is 77.3 Å². The first-order valence-electron chi connectivity index (χ1n) is 7.20. The van der Waals surface area contributed by atoms with Gasteiger partial charge in [-0.05, 0) is 43.3 Å².